The lowest BCUT2D eigenvalue weighted by molar-refractivity contribution is -0.400. The molecule has 0 saturated heterocycles. The first-order valence-electron chi connectivity index (χ1n) is 6.71. The zero-order valence-electron chi connectivity index (χ0n) is 12.2. The number of carbonyl (C=O) groups excluding carboxylic acids is 1. The van der Waals surface area contributed by atoms with Crippen LogP contribution in [0.15, 0.2) is 59.2 Å². The molecule has 0 amide bonds. The van der Waals surface area contributed by atoms with Crippen LogP contribution in [0.2, 0.25) is 5.02 Å². The molecule has 0 saturated carbocycles. The predicted octanol–water partition coefficient (Wildman–Crippen LogP) is 4.97. The van der Waals surface area contributed by atoms with Crippen LogP contribution < -0.4 is 4.74 Å². The molecule has 2 rings (SSSR count). The van der Waals surface area contributed by atoms with Crippen LogP contribution in [0.1, 0.15) is 11.1 Å². The van der Waals surface area contributed by atoms with Crippen molar-refractivity contribution in [2.24, 2.45) is 0 Å². The first-order chi connectivity index (χ1) is 11.4. The third-order valence-electron chi connectivity index (χ3n) is 2.84. The van der Waals surface area contributed by atoms with E-state index in [-0.39, 0.29) is 5.75 Å². The average Bonchev–Trinajstić information content (AvgIpc) is 2.54. The van der Waals surface area contributed by atoms with E-state index in [1.165, 1.54) is 12.2 Å². The molecule has 0 fully saturated rings. The Balaban J connectivity index is 2.13. The highest BCUT2D eigenvalue weighted by molar-refractivity contribution is 9.10. The van der Waals surface area contributed by atoms with Gasteiger partial charge in [0.15, 0.2) is 0 Å². The van der Waals surface area contributed by atoms with E-state index in [1.807, 2.05) is 0 Å². The van der Waals surface area contributed by atoms with Gasteiger partial charge >= 0.3 is 5.97 Å². The van der Waals surface area contributed by atoms with Crippen LogP contribution in [-0.2, 0) is 4.79 Å². The Morgan fingerprint density at radius 1 is 1.17 bits per heavy atom. The van der Waals surface area contributed by atoms with Gasteiger partial charge in [-0.15, -0.1) is 0 Å². The monoisotopic (exact) mass is 407 g/mol. The highest BCUT2D eigenvalue weighted by atomic mass is 79.9. The Hall–Kier alpha value is -2.44. The molecule has 0 atom stereocenters. The third kappa shape index (κ3) is 5.64. The standard InChI is InChI=1S/C17H11BrClNO4/c18-14-4-7-16(13(11-14)9-10-20(22)23)24-17(21)8-3-12-1-5-15(19)6-2-12/h1-11H/b8-3+,10-9+. The fourth-order valence-corrected chi connectivity index (χ4v) is 2.27. The topological polar surface area (TPSA) is 69.4 Å². The van der Waals surface area contributed by atoms with Gasteiger partial charge in [0.25, 0.3) is 0 Å². The number of nitrogens with zero attached hydrogens (tertiary/aromatic N) is 1. The molecular formula is C17H11BrClNO4. The number of esters is 1. The minimum absolute atomic E-state index is 0.224. The summed E-state index contributed by atoms with van der Waals surface area (Å²) in [4.78, 5) is 21.8. The quantitative estimate of drug-likeness (QED) is 0.230. The van der Waals surface area contributed by atoms with Crippen LogP contribution in [0.5, 0.6) is 5.75 Å². The average molecular weight is 409 g/mol. The zero-order chi connectivity index (χ0) is 17.5. The Morgan fingerprint density at radius 3 is 2.54 bits per heavy atom. The van der Waals surface area contributed by atoms with Gasteiger partial charge in [0, 0.05) is 27.2 Å². The van der Waals surface area contributed by atoms with E-state index >= 15 is 0 Å². The molecule has 0 heterocycles. The number of nitro groups is 1. The second-order valence-corrected chi connectivity index (χ2v) is 5.94. The maximum absolute atomic E-state index is 11.9. The highest BCUT2D eigenvalue weighted by Crippen LogP contribution is 2.25. The molecule has 5 nitrogen and oxygen atoms in total. The van der Waals surface area contributed by atoms with Crippen molar-refractivity contribution >= 4 is 45.7 Å². The van der Waals surface area contributed by atoms with E-state index in [9.17, 15) is 14.9 Å². The van der Waals surface area contributed by atoms with Crippen LogP contribution in [0.25, 0.3) is 12.2 Å². The summed E-state index contributed by atoms with van der Waals surface area (Å²) in [5.41, 5.74) is 1.20. The van der Waals surface area contributed by atoms with Gasteiger partial charge in [-0.2, -0.15) is 0 Å². The van der Waals surface area contributed by atoms with Crippen LogP contribution in [-0.4, -0.2) is 10.9 Å². The molecule has 0 N–H and O–H groups in total. The molecule has 0 unspecified atom stereocenters. The third-order valence-corrected chi connectivity index (χ3v) is 3.59. The Kier molecular flexibility index (Phi) is 6.28. The van der Waals surface area contributed by atoms with E-state index in [1.54, 1.807) is 48.5 Å². The van der Waals surface area contributed by atoms with E-state index in [2.05, 4.69) is 15.9 Å². The second kappa shape index (κ2) is 8.42. The van der Waals surface area contributed by atoms with Gasteiger partial charge < -0.3 is 4.74 Å². The number of benzene rings is 2. The summed E-state index contributed by atoms with van der Waals surface area (Å²) in [7, 11) is 0. The first-order valence-corrected chi connectivity index (χ1v) is 7.88. The van der Waals surface area contributed by atoms with E-state index in [4.69, 9.17) is 16.3 Å². The molecule has 0 aliphatic heterocycles. The number of ether oxygens (including phenoxy) is 1. The van der Waals surface area contributed by atoms with Crippen LogP contribution in [0.4, 0.5) is 0 Å². The summed E-state index contributed by atoms with van der Waals surface area (Å²) in [6, 6.07) is 11.8. The summed E-state index contributed by atoms with van der Waals surface area (Å²) >= 11 is 9.06. The highest BCUT2D eigenvalue weighted by Gasteiger charge is 2.07. The summed E-state index contributed by atoms with van der Waals surface area (Å²) in [6.45, 7) is 0. The minimum Gasteiger partial charge on any atom is -0.423 e. The van der Waals surface area contributed by atoms with Gasteiger partial charge in [-0.3, -0.25) is 10.1 Å². The van der Waals surface area contributed by atoms with Crippen LogP contribution in [0.3, 0.4) is 0 Å². The van der Waals surface area contributed by atoms with Crippen LogP contribution in [0, 0.1) is 10.1 Å². The summed E-state index contributed by atoms with van der Waals surface area (Å²) in [5, 5.41) is 11.1. The van der Waals surface area contributed by atoms with Gasteiger partial charge in [-0.1, -0.05) is 39.7 Å². The van der Waals surface area contributed by atoms with Gasteiger partial charge in [0.1, 0.15) is 5.75 Å². The minimum atomic E-state index is -0.594. The molecule has 0 aliphatic carbocycles. The number of rotatable bonds is 5. The molecule has 7 heteroatoms. The van der Waals surface area contributed by atoms with Crippen molar-refractivity contribution < 1.29 is 14.5 Å². The van der Waals surface area contributed by atoms with Crippen LogP contribution >= 0.6 is 27.5 Å². The van der Waals surface area contributed by atoms with E-state index in [0.29, 0.717) is 15.1 Å². The zero-order valence-corrected chi connectivity index (χ0v) is 14.5. The normalized spacial score (nSPS) is 11.1. The predicted molar refractivity (Wildman–Crippen MR) is 96.3 cm³/mol. The molecule has 0 aliphatic rings. The summed E-state index contributed by atoms with van der Waals surface area (Å²) in [5.74, 6) is -0.370. The first kappa shape index (κ1) is 17.9. The lowest BCUT2D eigenvalue weighted by Crippen LogP contribution is -2.05. The Bertz CT molecular complexity index is 816. The number of carbonyl (C=O) groups is 1. The molecule has 24 heavy (non-hydrogen) atoms. The fourth-order valence-electron chi connectivity index (χ4n) is 1.76. The van der Waals surface area contributed by atoms with Gasteiger partial charge in [0.05, 0.1) is 4.92 Å². The molecule has 0 aromatic heterocycles. The maximum atomic E-state index is 11.9. The van der Waals surface area contributed by atoms with Crippen molar-refractivity contribution in [2.75, 3.05) is 0 Å². The smallest absolute Gasteiger partial charge is 0.336 e. The lowest BCUT2D eigenvalue weighted by atomic mass is 10.2. The Labute approximate surface area is 151 Å². The van der Waals surface area contributed by atoms with Gasteiger partial charge in [-0.05, 0) is 42.0 Å². The molecule has 0 bridgehead atoms. The van der Waals surface area contributed by atoms with Crippen molar-refractivity contribution in [2.45, 2.75) is 0 Å². The second-order valence-electron chi connectivity index (χ2n) is 4.59. The van der Waals surface area contributed by atoms with E-state index < -0.39 is 10.9 Å². The lowest BCUT2D eigenvalue weighted by Gasteiger charge is -2.05. The van der Waals surface area contributed by atoms with Gasteiger partial charge in [-0.25, -0.2) is 4.79 Å². The van der Waals surface area contributed by atoms with Crippen molar-refractivity contribution in [3.8, 4) is 5.75 Å². The van der Waals surface area contributed by atoms with Crippen molar-refractivity contribution in [3.63, 3.8) is 0 Å². The van der Waals surface area contributed by atoms with Gasteiger partial charge in [0.2, 0.25) is 6.20 Å². The van der Waals surface area contributed by atoms with E-state index in [0.717, 1.165) is 11.8 Å². The van der Waals surface area contributed by atoms with Crippen molar-refractivity contribution in [1.82, 2.24) is 0 Å². The number of hydrogen-bond donors (Lipinski definition) is 0. The molecule has 122 valence electrons. The number of hydrogen-bond acceptors (Lipinski definition) is 4. The largest absolute Gasteiger partial charge is 0.423 e. The summed E-state index contributed by atoms with van der Waals surface area (Å²) in [6.07, 6.45) is 4.90. The molecule has 0 radical (unpaired) electrons. The molecular weight excluding hydrogens is 398 g/mol. The molecule has 2 aromatic carbocycles. The summed E-state index contributed by atoms with van der Waals surface area (Å²) < 4.78 is 5.94. The SMILES string of the molecule is O=C(/C=C/c1ccc(Cl)cc1)Oc1ccc(Br)cc1/C=C/[N+](=O)[O-]. The van der Waals surface area contributed by atoms with Crippen molar-refractivity contribution in [1.29, 1.82) is 0 Å². The Morgan fingerprint density at radius 2 is 1.88 bits per heavy atom. The molecule has 2 aromatic rings. The number of halogens is 2. The molecule has 0 spiro atoms. The fraction of sp³-hybridized carbons (Fsp3) is 0. The van der Waals surface area contributed by atoms with Crippen molar-refractivity contribution in [3.05, 3.63) is 85.5 Å². The maximum Gasteiger partial charge on any atom is 0.336 e.